The van der Waals surface area contributed by atoms with Crippen molar-refractivity contribution in [2.45, 2.75) is 25.5 Å². The highest BCUT2D eigenvalue weighted by Gasteiger charge is 2.08. The quantitative estimate of drug-likeness (QED) is 0.363. The maximum Gasteiger partial charge on any atom is 0.0789 e. The number of nitrogens with zero attached hydrogens (tertiary/aromatic N) is 1. The molecule has 0 rings (SSSR count). The van der Waals surface area contributed by atoms with Crippen molar-refractivity contribution in [2.24, 2.45) is 4.99 Å². The van der Waals surface area contributed by atoms with E-state index in [1.165, 1.54) is 6.42 Å². The fraction of sp³-hybridized carbons (Fsp3) is 0.857. The molecule has 0 aromatic rings. The fourth-order valence-corrected chi connectivity index (χ4v) is 2.03. The second-order valence-electron chi connectivity index (χ2n) is 2.45. The van der Waals surface area contributed by atoms with Crippen LogP contribution in [0.1, 0.15) is 19.8 Å². The van der Waals surface area contributed by atoms with Crippen LogP contribution >= 0.6 is 20.1 Å². The molecule has 0 aliphatic heterocycles. The monoisotopic (exact) mass is 175 g/mol. The number of hydrogen-bond donors (Lipinski definition) is 0. The van der Waals surface area contributed by atoms with Crippen LogP contribution in [0.4, 0.5) is 0 Å². The molecule has 0 bridgehead atoms. The van der Waals surface area contributed by atoms with Gasteiger partial charge >= 0.3 is 0 Å². The van der Waals surface area contributed by atoms with Crippen LogP contribution in [0.15, 0.2) is 4.99 Å². The molecule has 0 saturated carbocycles. The highest BCUT2D eigenvalue weighted by molar-refractivity contribution is 7.78. The lowest BCUT2D eigenvalue weighted by Gasteiger charge is -2.13. The predicted octanol–water partition coefficient (Wildman–Crippen LogP) is 2.96. The van der Waals surface area contributed by atoms with Crippen LogP contribution in [0, 0.1) is 0 Å². The Labute approximate surface area is 69.7 Å². The number of isothiocyanates is 1. The summed E-state index contributed by atoms with van der Waals surface area (Å²) in [7, 11) is 0.0285. The van der Waals surface area contributed by atoms with E-state index in [4.69, 9.17) is 0 Å². The summed E-state index contributed by atoms with van der Waals surface area (Å²) in [5.41, 5.74) is 0. The lowest BCUT2D eigenvalue weighted by atomic mass is 10.3. The molecule has 0 aromatic heterocycles. The van der Waals surface area contributed by atoms with Gasteiger partial charge in [0.15, 0.2) is 0 Å². The van der Waals surface area contributed by atoms with Gasteiger partial charge in [0.1, 0.15) is 0 Å². The normalized spacial score (nSPS) is 12.8. The van der Waals surface area contributed by atoms with Crippen molar-refractivity contribution >= 4 is 25.3 Å². The molecule has 0 fully saturated rings. The minimum absolute atomic E-state index is 0.0285. The van der Waals surface area contributed by atoms with Gasteiger partial charge in [0.25, 0.3) is 0 Å². The lowest BCUT2D eigenvalue weighted by Crippen LogP contribution is -1.98. The van der Waals surface area contributed by atoms with E-state index in [9.17, 15) is 0 Å². The molecular formula is C7H14NPS. The summed E-state index contributed by atoms with van der Waals surface area (Å²) in [5.74, 6) is 0.456. The first-order valence-electron chi connectivity index (χ1n) is 3.45. The summed E-state index contributed by atoms with van der Waals surface area (Å²) in [6, 6.07) is 0. The number of hydrogen-bond acceptors (Lipinski definition) is 2. The SMILES string of the molecule is CCCC(N=C=S)P(C)C. The van der Waals surface area contributed by atoms with Crippen LogP contribution in [0.3, 0.4) is 0 Å². The molecule has 0 saturated heterocycles. The van der Waals surface area contributed by atoms with E-state index in [0.717, 1.165) is 6.42 Å². The Morgan fingerprint density at radius 3 is 2.50 bits per heavy atom. The van der Waals surface area contributed by atoms with Crippen molar-refractivity contribution < 1.29 is 0 Å². The van der Waals surface area contributed by atoms with E-state index in [1.54, 1.807) is 0 Å². The zero-order valence-corrected chi connectivity index (χ0v) is 8.51. The summed E-state index contributed by atoms with van der Waals surface area (Å²) >= 11 is 4.56. The summed E-state index contributed by atoms with van der Waals surface area (Å²) in [5, 5.41) is 2.46. The van der Waals surface area contributed by atoms with Gasteiger partial charge in [-0.1, -0.05) is 21.3 Å². The predicted molar refractivity (Wildman–Crippen MR) is 52.5 cm³/mol. The second kappa shape index (κ2) is 5.97. The van der Waals surface area contributed by atoms with E-state index < -0.39 is 0 Å². The minimum Gasteiger partial charge on any atom is -0.225 e. The van der Waals surface area contributed by atoms with Gasteiger partial charge in [-0.15, -0.1) is 0 Å². The molecule has 1 nitrogen and oxygen atoms in total. The summed E-state index contributed by atoms with van der Waals surface area (Å²) in [6.45, 7) is 6.63. The van der Waals surface area contributed by atoms with E-state index in [-0.39, 0.29) is 7.92 Å². The maximum atomic E-state index is 4.56. The van der Waals surface area contributed by atoms with Crippen molar-refractivity contribution in [3.8, 4) is 0 Å². The number of aliphatic imine (C=N–C) groups is 1. The summed E-state index contributed by atoms with van der Waals surface area (Å²) in [6.07, 6.45) is 2.34. The van der Waals surface area contributed by atoms with Gasteiger partial charge in [-0.3, -0.25) is 0 Å². The molecule has 1 unspecified atom stereocenters. The molecule has 0 N–H and O–H groups in total. The maximum absolute atomic E-state index is 4.56. The van der Waals surface area contributed by atoms with E-state index in [0.29, 0.717) is 5.78 Å². The van der Waals surface area contributed by atoms with E-state index in [2.05, 4.69) is 42.6 Å². The van der Waals surface area contributed by atoms with Crippen LogP contribution in [0.25, 0.3) is 0 Å². The lowest BCUT2D eigenvalue weighted by molar-refractivity contribution is 0.762. The van der Waals surface area contributed by atoms with Crippen LogP contribution in [0.2, 0.25) is 0 Å². The zero-order chi connectivity index (χ0) is 7.98. The van der Waals surface area contributed by atoms with Crippen molar-refractivity contribution in [1.82, 2.24) is 0 Å². The topological polar surface area (TPSA) is 12.4 Å². The van der Waals surface area contributed by atoms with Gasteiger partial charge in [-0.25, -0.2) is 4.99 Å². The third-order valence-electron chi connectivity index (χ3n) is 1.34. The molecule has 0 spiro atoms. The molecule has 0 aromatic carbocycles. The summed E-state index contributed by atoms with van der Waals surface area (Å²) in [4.78, 5) is 4.11. The Kier molecular flexibility index (Phi) is 6.11. The van der Waals surface area contributed by atoms with Crippen molar-refractivity contribution in [3.05, 3.63) is 0 Å². The fourth-order valence-electron chi connectivity index (χ4n) is 0.757. The van der Waals surface area contributed by atoms with E-state index in [1.807, 2.05) is 0 Å². The Morgan fingerprint density at radius 2 is 2.20 bits per heavy atom. The highest BCUT2D eigenvalue weighted by Crippen LogP contribution is 2.35. The Balaban J connectivity index is 3.84. The molecule has 58 valence electrons. The van der Waals surface area contributed by atoms with Gasteiger partial charge in [0, 0.05) is 0 Å². The van der Waals surface area contributed by atoms with Gasteiger partial charge in [0.2, 0.25) is 0 Å². The number of rotatable bonds is 4. The molecule has 0 amide bonds. The highest BCUT2D eigenvalue weighted by atomic mass is 32.1. The summed E-state index contributed by atoms with van der Waals surface area (Å²) < 4.78 is 0. The zero-order valence-electron chi connectivity index (χ0n) is 6.79. The third kappa shape index (κ3) is 4.11. The average Bonchev–Trinajstić information content (AvgIpc) is 1.87. The van der Waals surface area contributed by atoms with E-state index >= 15 is 0 Å². The Morgan fingerprint density at radius 1 is 1.60 bits per heavy atom. The van der Waals surface area contributed by atoms with Crippen LogP contribution in [-0.2, 0) is 0 Å². The molecular weight excluding hydrogens is 161 g/mol. The first-order valence-corrected chi connectivity index (χ1v) is 6.17. The molecule has 0 aliphatic rings. The smallest absolute Gasteiger partial charge is 0.0789 e. The van der Waals surface area contributed by atoms with Crippen molar-refractivity contribution in [1.29, 1.82) is 0 Å². The van der Waals surface area contributed by atoms with Crippen molar-refractivity contribution in [2.75, 3.05) is 13.3 Å². The first-order chi connectivity index (χ1) is 4.72. The van der Waals surface area contributed by atoms with Crippen molar-refractivity contribution in [3.63, 3.8) is 0 Å². The first kappa shape index (κ1) is 10.2. The largest absolute Gasteiger partial charge is 0.225 e. The molecule has 1 atom stereocenters. The molecule has 0 aliphatic carbocycles. The van der Waals surface area contributed by atoms with Gasteiger partial charge in [0.05, 0.1) is 10.9 Å². The number of thiocarbonyl (C=S) groups is 1. The Hall–Kier alpha value is 0.230. The standard InChI is InChI=1S/C7H14NPS/c1-4-5-7(8-6-10)9(2)3/h7H,4-5H2,1-3H3. The molecule has 0 heterocycles. The van der Waals surface area contributed by atoms with Gasteiger partial charge < -0.3 is 0 Å². The van der Waals surface area contributed by atoms with Crippen LogP contribution in [0.5, 0.6) is 0 Å². The molecule has 10 heavy (non-hydrogen) atoms. The van der Waals surface area contributed by atoms with Crippen LogP contribution in [-0.4, -0.2) is 24.3 Å². The average molecular weight is 175 g/mol. The minimum atomic E-state index is 0.0285. The van der Waals surface area contributed by atoms with Crippen LogP contribution < -0.4 is 0 Å². The Bertz CT molecular complexity index is 130. The van der Waals surface area contributed by atoms with Gasteiger partial charge in [-0.05, 0) is 32.0 Å². The second-order valence-corrected chi connectivity index (χ2v) is 5.16. The molecule has 3 heteroatoms. The third-order valence-corrected chi connectivity index (χ3v) is 3.02. The van der Waals surface area contributed by atoms with Gasteiger partial charge in [-0.2, -0.15) is 0 Å². The molecule has 0 radical (unpaired) electrons.